The van der Waals surface area contributed by atoms with Crippen LogP contribution in [0.15, 0.2) is 0 Å². The van der Waals surface area contributed by atoms with E-state index < -0.39 is 0 Å². The lowest BCUT2D eigenvalue weighted by Gasteiger charge is -2.18. The Morgan fingerprint density at radius 3 is 2.00 bits per heavy atom. The molecule has 6 nitrogen and oxygen atoms in total. The molecule has 2 N–H and O–H groups in total. The van der Waals surface area contributed by atoms with Gasteiger partial charge >= 0.3 is 0 Å². The summed E-state index contributed by atoms with van der Waals surface area (Å²) in [5.41, 5.74) is 0. The van der Waals surface area contributed by atoms with Gasteiger partial charge in [-0.05, 0) is 6.42 Å². The normalized spacial score (nSPS) is 12.8. The SMILES string of the molecule is CCCCC(COCCOCCO)OCCOCCO. The molecule has 0 rings (SSSR count). The third-order valence-electron chi connectivity index (χ3n) is 2.61. The van der Waals surface area contributed by atoms with Gasteiger partial charge in [0, 0.05) is 0 Å². The van der Waals surface area contributed by atoms with Gasteiger partial charge in [-0.2, -0.15) is 0 Å². The summed E-state index contributed by atoms with van der Waals surface area (Å²) >= 11 is 0. The molecular formula is C14H30O6. The van der Waals surface area contributed by atoms with E-state index in [0.29, 0.717) is 46.2 Å². The molecule has 0 aliphatic heterocycles. The van der Waals surface area contributed by atoms with Crippen molar-refractivity contribution >= 4 is 0 Å². The fourth-order valence-corrected chi connectivity index (χ4v) is 1.59. The van der Waals surface area contributed by atoms with E-state index in [-0.39, 0.29) is 19.3 Å². The summed E-state index contributed by atoms with van der Waals surface area (Å²) in [4.78, 5) is 0. The minimum atomic E-state index is 0.0378. The smallest absolute Gasteiger partial charge is 0.0809 e. The molecule has 0 aromatic rings. The maximum Gasteiger partial charge on any atom is 0.0809 e. The van der Waals surface area contributed by atoms with Crippen molar-refractivity contribution in [1.82, 2.24) is 0 Å². The van der Waals surface area contributed by atoms with Crippen LogP contribution in [0.4, 0.5) is 0 Å². The van der Waals surface area contributed by atoms with Crippen LogP contribution in [0.3, 0.4) is 0 Å². The van der Waals surface area contributed by atoms with Gasteiger partial charge in [0.1, 0.15) is 0 Å². The Labute approximate surface area is 122 Å². The van der Waals surface area contributed by atoms with E-state index >= 15 is 0 Å². The zero-order valence-electron chi connectivity index (χ0n) is 12.6. The number of ether oxygens (including phenoxy) is 4. The number of hydrogen-bond acceptors (Lipinski definition) is 6. The van der Waals surface area contributed by atoms with Gasteiger partial charge in [0.05, 0.1) is 65.6 Å². The largest absolute Gasteiger partial charge is 0.394 e. The van der Waals surface area contributed by atoms with Gasteiger partial charge in [0.2, 0.25) is 0 Å². The van der Waals surface area contributed by atoms with Crippen molar-refractivity contribution in [3.8, 4) is 0 Å². The predicted octanol–water partition coefficient (Wildman–Crippen LogP) is 0.596. The Morgan fingerprint density at radius 1 is 0.800 bits per heavy atom. The Kier molecular flexibility index (Phi) is 16.6. The van der Waals surface area contributed by atoms with Crippen molar-refractivity contribution in [3.63, 3.8) is 0 Å². The highest BCUT2D eigenvalue weighted by Gasteiger charge is 2.09. The summed E-state index contributed by atoms with van der Waals surface area (Å²) in [6.07, 6.45) is 3.27. The highest BCUT2D eigenvalue weighted by Crippen LogP contribution is 2.05. The molecule has 0 aromatic carbocycles. The van der Waals surface area contributed by atoms with E-state index in [1.54, 1.807) is 0 Å². The Bertz CT molecular complexity index is 179. The quantitative estimate of drug-likeness (QED) is 0.406. The molecule has 122 valence electrons. The standard InChI is InChI=1S/C14H30O6/c1-2-3-4-14(20-12-11-18-8-6-16)13-19-10-9-17-7-5-15/h14-16H,2-13H2,1H3. The average molecular weight is 294 g/mol. The molecule has 0 fully saturated rings. The van der Waals surface area contributed by atoms with E-state index in [1.807, 2.05) is 0 Å². The second-order valence-electron chi connectivity index (χ2n) is 4.38. The van der Waals surface area contributed by atoms with Gasteiger partial charge in [-0.25, -0.2) is 0 Å². The van der Waals surface area contributed by atoms with Crippen LogP contribution >= 0.6 is 0 Å². The molecule has 0 aliphatic carbocycles. The number of hydrogen-bond donors (Lipinski definition) is 2. The molecular weight excluding hydrogens is 264 g/mol. The fourth-order valence-electron chi connectivity index (χ4n) is 1.59. The third-order valence-corrected chi connectivity index (χ3v) is 2.61. The van der Waals surface area contributed by atoms with Crippen LogP contribution in [-0.4, -0.2) is 75.8 Å². The van der Waals surface area contributed by atoms with E-state index in [9.17, 15) is 0 Å². The van der Waals surface area contributed by atoms with Crippen LogP contribution in [0, 0.1) is 0 Å². The van der Waals surface area contributed by atoms with Crippen LogP contribution in [0.1, 0.15) is 26.2 Å². The van der Waals surface area contributed by atoms with Crippen molar-refractivity contribution in [2.45, 2.75) is 32.3 Å². The highest BCUT2D eigenvalue weighted by molar-refractivity contribution is 4.57. The lowest BCUT2D eigenvalue weighted by Crippen LogP contribution is -2.23. The van der Waals surface area contributed by atoms with E-state index in [0.717, 1.165) is 19.3 Å². The molecule has 0 bridgehead atoms. The van der Waals surface area contributed by atoms with Crippen LogP contribution < -0.4 is 0 Å². The molecule has 0 spiro atoms. The zero-order valence-corrected chi connectivity index (χ0v) is 12.6. The predicted molar refractivity (Wildman–Crippen MR) is 75.9 cm³/mol. The summed E-state index contributed by atoms with van der Waals surface area (Å²) in [6.45, 7) is 5.46. The van der Waals surface area contributed by atoms with Crippen molar-refractivity contribution in [2.75, 3.05) is 59.5 Å². The van der Waals surface area contributed by atoms with Gasteiger partial charge < -0.3 is 29.2 Å². The second kappa shape index (κ2) is 16.8. The lowest BCUT2D eigenvalue weighted by atomic mass is 10.2. The fraction of sp³-hybridized carbons (Fsp3) is 1.00. The van der Waals surface area contributed by atoms with Gasteiger partial charge in [0.25, 0.3) is 0 Å². The Balaban J connectivity index is 3.56. The van der Waals surface area contributed by atoms with Crippen LogP contribution in [0.5, 0.6) is 0 Å². The molecule has 0 aliphatic rings. The first kappa shape index (κ1) is 19.8. The molecule has 1 atom stereocenters. The summed E-state index contributed by atoms with van der Waals surface area (Å²) in [6, 6.07) is 0. The van der Waals surface area contributed by atoms with Gasteiger partial charge in [-0.1, -0.05) is 19.8 Å². The maximum absolute atomic E-state index is 8.58. The number of unbranched alkanes of at least 4 members (excludes halogenated alkanes) is 1. The molecule has 0 amide bonds. The number of aliphatic hydroxyl groups is 2. The summed E-state index contributed by atoms with van der Waals surface area (Å²) in [5.74, 6) is 0. The lowest BCUT2D eigenvalue weighted by molar-refractivity contribution is -0.0536. The minimum Gasteiger partial charge on any atom is -0.394 e. The van der Waals surface area contributed by atoms with Crippen LogP contribution in [-0.2, 0) is 18.9 Å². The Hall–Kier alpha value is -0.240. The molecule has 6 heteroatoms. The minimum absolute atomic E-state index is 0.0378. The molecule has 20 heavy (non-hydrogen) atoms. The first-order valence-corrected chi connectivity index (χ1v) is 7.41. The van der Waals surface area contributed by atoms with Crippen molar-refractivity contribution in [1.29, 1.82) is 0 Å². The van der Waals surface area contributed by atoms with Gasteiger partial charge in [-0.3, -0.25) is 0 Å². The van der Waals surface area contributed by atoms with Crippen LogP contribution in [0.25, 0.3) is 0 Å². The molecule has 0 saturated carbocycles. The van der Waals surface area contributed by atoms with Crippen molar-refractivity contribution in [2.24, 2.45) is 0 Å². The average Bonchev–Trinajstić information content (AvgIpc) is 2.47. The first-order chi connectivity index (χ1) is 9.85. The Morgan fingerprint density at radius 2 is 1.40 bits per heavy atom. The molecule has 0 heterocycles. The molecule has 0 radical (unpaired) electrons. The zero-order chi connectivity index (χ0) is 14.9. The summed E-state index contributed by atoms with van der Waals surface area (Å²) in [5, 5.41) is 17.1. The monoisotopic (exact) mass is 294 g/mol. The second-order valence-corrected chi connectivity index (χ2v) is 4.38. The van der Waals surface area contributed by atoms with Crippen molar-refractivity contribution in [3.05, 3.63) is 0 Å². The molecule has 0 aromatic heterocycles. The highest BCUT2D eigenvalue weighted by atomic mass is 16.6. The van der Waals surface area contributed by atoms with Gasteiger partial charge in [0.15, 0.2) is 0 Å². The first-order valence-electron chi connectivity index (χ1n) is 7.41. The number of rotatable bonds is 16. The van der Waals surface area contributed by atoms with E-state index in [2.05, 4.69) is 6.92 Å². The summed E-state index contributed by atoms with van der Waals surface area (Å²) in [7, 11) is 0. The van der Waals surface area contributed by atoms with E-state index in [1.165, 1.54) is 0 Å². The topological polar surface area (TPSA) is 77.4 Å². The van der Waals surface area contributed by atoms with Gasteiger partial charge in [-0.15, -0.1) is 0 Å². The third kappa shape index (κ3) is 14.2. The molecule has 0 saturated heterocycles. The van der Waals surface area contributed by atoms with Crippen molar-refractivity contribution < 1.29 is 29.2 Å². The van der Waals surface area contributed by atoms with E-state index in [4.69, 9.17) is 29.2 Å². The molecule has 1 unspecified atom stereocenters. The maximum atomic E-state index is 8.58. The summed E-state index contributed by atoms with van der Waals surface area (Å²) < 4.78 is 21.5. The van der Waals surface area contributed by atoms with Crippen LogP contribution in [0.2, 0.25) is 0 Å². The number of aliphatic hydroxyl groups excluding tert-OH is 2.